The van der Waals surface area contributed by atoms with E-state index in [-0.39, 0.29) is 5.82 Å². The molecule has 1 aromatic carbocycles. The molecule has 1 heterocycles. The molecule has 2 nitrogen and oxygen atoms in total. The molecule has 1 aliphatic heterocycles. The Balaban J connectivity index is 2.13. The van der Waals surface area contributed by atoms with Crippen LogP contribution in [0, 0.1) is 17.2 Å². The first kappa shape index (κ1) is 15.8. The van der Waals surface area contributed by atoms with Crippen molar-refractivity contribution in [2.75, 3.05) is 18.0 Å². The molecule has 0 aliphatic carbocycles. The molecular formula is C16H24BrFN2. The first-order valence-corrected chi connectivity index (χ1v) is 8.05. The Hall–Kier alpha value is -0.610. The van der Waals surface area contributed by atoms with Crippen molar-refractivity contribution in [2.45, 2.75) is 40.2 Å². The Bertz CT molecular complexity index is 474. The molecule has 0 unspecified atom stereocenters. The van der Waals surface area contributed by atoms with Crippen molar-refractivity contribution >= 4 is 21.6 Å². The average molecular weight is 343 g/mol. The molecule has 1 aromatic rings. The van der Waals surface area contributed by atoms with Gasteiger partial charge in [0, 0.05) is 19.6 Å². The molecule has 0 aromatic heterocycles. The van der Waals surface area contributed by atoms with Gasteiger partial charge in [0.1, 0.15) is 0 Å². The molecule has 0 saturated carbocycles. The van der Waals surface area contributed by atoms with Crippen LogP contribution in [-0.4, -0.2) is 13.1 Å². The van der Waals surface area contributed by atoms with E-state index in [1.807, 2.05) is 12.1 Å². The van der Waals surface area contributed by atoms with Crippen LogP contribution in [0.2, 0.25) is 0 Å². The zero-order valence-electron chi connectivity index (χ0n) is 12.5. The first-order valence-electron chi connectivity index (χ1n) is 7.26. The van der Waals surface area contributed by atoms with Crippen LogP contribution in [0.15, 0.2) is 16.6 Å². The molecule has 1 aliphatic rings. The summed E-state index contributed by atoms with van der Waals surface area (Å²) in [6, 6.07) is 3.78. The topological polar surface area (TPSA) is 29.3 Å². The Morgan fingerprint density at radius 1 is 1.30 bits per heavy atom. The summed E-state index contributed by atoms with van der Waals surface area (Å²) in [5, 5.41) is 0. The smallest absolute Gasteiger partial charge is 0.160 e. The number of nitrogens with zero attached hydrogens (tertiary/aromatic N) is 1. The van der Waals surface area contributed by atoms with Gasteiger partial charge in [-0.05, 0) is 51.7 Å². The SMILES string of the molecule is CC(C)(C)C1CCN(c2ccc(CN)c(Br)c2F)CC1. The highest BCUT2D eigenvalue weighted by Gasteiger charge is 2.29. The highest BCUT2D eigenvalue weighted by atomic mass is 79.9. The minimum absolute atomic E-state index is 0.179. The number of nitrogens with two attached hydrogens (primary N) is 1. The molecule has 2 N–H and O–H groups in total. The highest BCUT2D eigenvalue weighted by Crippen LogP contribution is 2.37. The second-order valence-corrected chi connectivity index (χ2v) is 7.50. The van der Waals surface area contributed by atoms with Gasteiger partial charge in [0.2, 0.25) is 0 Å². The molecule has 112 valence electrons. The molecule has 20 heavy (non-hydrogen) atoms. The van der Waals surface area contributed by atoms with Crippen molar-refractivity contribution in [3.05, 3.63) is 28.0 Å². The molecular weight excluding hydrogens is 319 g/mol. The second kappa shape index (κ2) is 6.02. The molecule has 1 saturated heterocycles. The van der Waals surface area contributed by atoms with Gasteiger partial charge in [-0.3, -0.25) is 0 Å². The van der Waals surface area contributed by atoms with Crippen molar-refractivity contribution in [3.8, 4) is 0 Å². The number of hydrogen-bond donors (Lipinski definition) is 1. The fraction of sp³-hybridized carbons (Fsp3) is 0.625. The molecule has 0 amide bonds. The highest BCUT2D eigenvalue weighted by molar-refractivity contribution is 9.10. The zero-order valence-corrected chi connectivity index (χ0v) is 14.1. The van der Waals surface area contributed by atoms with Gasteiger partial charge in [-0.25, -0.2) is 4.39 Å². The van der Waals surface area contributed by atoms with E-state index in [9.17, 15) is 4.39 Å². The fourth-order valence-corrected chi connectivity index (χ4v) is 3.46. The van der Waals surface area contributed by atoms with Crippen LogP contribution in [-0.2, 0) is 6.54 Å². The van der Waals surface area contributed by atoms with E-state index in [1.165, 1.54) is 0 Å². The van der Waals surface area contributed by atoms with Gasteiger partial charge < -0.3 is 10.6 Å². The lowest BCUT2D eigenvalue weighted by Crippen LogP contribution is -2.38. The van der Waals surface area contributed by atoms with Crippen LogP contribution in [0.3, 0.4) is 0 Å². The van der Waals surface area contributed by atoms with E-state index in [2.05, 4.69) is 41.6 Å². The van der Waals surface area contributed by atoms with E-state index in [0.29, 0.717) is 28.0 Å². The number of halogens is 2. The molecule has 4 heteroatoms. The van der Waals surface area contributed by atoms with Crippen LogP contribution < -0.4 is 10.6 Å². The summed E-state index contributed by atoms with van der Waals surface area (Å²) in [4.78, 5) is 2.16. The summed E-state index contributed by atoms with van der Waals surface area (Å²) in [6.07, 6.45) is 2.25. The van der Waals surface area contributed by atoms with Crippen LogP contribution in [0.4, 0.5) is 10.1 Å². The lowest BCUT2D eigenvalue weighted by molar-refractivity contribution is 0.198. The Kier molecular flexibility index (Phi) is 4.75. The predicted octanol–water partition coefficient (Wildman–Crippen LogP) is 4.31. The maximum atomic E-state index is 14.4. The standard InChI is InChI=1S/C16H24BrFN2/c1-16(2,3)12-6-8-20(9-7-12)13-5-4-11(10-19)14(17)15(13)18/h4-5,12H,6-10,19H2,1-3H3. The minimum Gasteiger partial charge on any atom is -0.369 e. The summed E-state index contributed by atoms with van der Waals surface area (Å²) in [7, 11) is 0. The van der Waals surface area contributed by atoms with E-state index in [1.54, 1.807) is 0 Å². The number of anilines is 1. The summed E-state index contributed by atoms with van der Waals surface area (Å²) in [5.74, 6) is 0.538. The zero-order chi connectivity index (χ0) is 14.9. The molecule has 0 radical (unpaired) electrons. The summed E-state index contributed by atoms with van der Waals surface area (Å²) < 4.78 is 14.9. The van der Waals surface area contributed by atoms with Crippen molar-refractivity contribution in [1.29, 1.82) is 0 Å². The van der Waals surface area contributed by atoms with Crippen LogP contribution in [0.25, 0.3) is 0 Å². The quantitative estimate of drug-likeness (QED) is 0.867. The monoisotopic (exact) mass is 342 g/mol. The Morgan fingerprint density at radius 3 is 2.40 bits per heavy atom. The minimum atomic E-state index is -0.179. The van der Waals surface area contributed by atoms with Crippen LogP contribution in [0.5, 0.6) is 0 Å². The maximum absolute atomic E-state index is 14.4. The largest absolute Gasteiger partial charge is 0.369 e. The Labute approximate surface area is 129 Å². The number of rotatable bonds is 2. The van der Waals surface area contributed by atoms with Gasteiger partial charge in [-0.2, -0.15) is 0 Å². The van der Waals surface area contributed by atoms with E-state index < -0.39 is 0 Å². The van der Waals surface area contributed by atoms with Crippen molar-refractivity contribution in [3.63, 3.8) is 0 Å². The van der Waals surface area contributed by atoms with Gasteiger partial charge in [-0.15, -0.1) is 0 Å². The Morgan fingerprint density at radius 2 is 1.90 bits per heavy atom. The first-order chi connectivity index (χ1) is 9.34. The van der Waals surface area contributed by atoms with Crippen molar-refractivity contribution < 1.29 is 4.39 Å². The third-order valence-electron chi connectivity index (χ3n) is 4.42. The third kappa shape index (κ3) is 3.17. The lowest BCUT2D eigenvalue weighted by atomic mass is 9.75. The lowest BCUT2D eigenvalue weighted by Gasteiger charge is -2.40. The fourth-order valence-electron chi connectivity index (χ4n) is 2.97. The predicted molar refractivity (Wildman–Crippen MR) is 86.4 cm³/mol. The molecule has 2 rings (SSSR count). The van der Waals surface area contributed by atoms with Gasteiger partial charge in [0.15, 0.2) is 5.82 Å². The molecule has 0 bridgehead atoms. The van der Waals surface area contributed by atoms with E-state index >= 15 is 0 Å². The second-order valence-electron chi connectivity index (χ2n) is 6.70. The molecule has 0 spiro atoms. The van der Waals surface area contributed by atoms with Gasteiger partial charge >= 0.3 is 0 Å². The summed E-state index contributed by atoms with van der Waals surface area (Å²) in [6.45, 7) is 9.08. The van der Waals surface area contributed by atoms with E-state index in [4.69, 9.17) is 5.73 Å². The van der Waals surface area contributed by atoms with Crippen LogP contribution >= 0.6 is 15.9 Å². The van der Waals surface area contributed by atoms with E-state index in [0.717, 1.165) is 31.5 Å². The normalized spacial score (nSPS) is 17.6. The van der Waals surface area contributed by atoms with Gasteiger partial charge in [0.05, 0.1) is 10.2 Å². The van der Waals surface area contributed by atoms with Crippen molar-refractivity contribution in [2.24, 2.45) is 17.1 Å². The van der Waals surface area contributed by atoms with Crippen molar-refractivity contribution in [1.82, 2.24) is 0 Å². The average Bonchev–Trinajstić information content (AvgIpc) is 2.41. The number of hydrogen-bond acceptors (Lipinski definition) is 2. The van der Waals surface area contributed by atoms with Crippen LogP contribution in [0.1, 0.15) is 39.2 Å². The summed E-state index contributed by atoms with van der Waals surface area (Å²) >= 11 is 3.32. The number of benzene rings is 1. The molecule has 0 atom stereocenters. The molecule has 1 fully saturated rings. The maximum Gasteiger partial charge on any atom is 0.160 e. The van der Waals surface area contributed by atoms with Gasteiger partial charge in [0.25, 0.3) is 0 Å². The van der Waals surface area contributed by atoms with Gasteiger partial charge in [-0.1, -0.05) is 26.8 Å². The third-order valence-corrected chi connectivity index (χ3v) is 5.28. The summed E-state index contributed by atoms with van der Waals surface area (Å²) in [5.41, 5.74) is 7.46. The number of piperidine rings is 1.